The van der Waals surface area contributed by atoms with Crippen LogP contribution in [0, 0.1) is 5.92 Å². The van der Waals surface area contributed by atoms with Gasteiger partial charge in [-0.1, -0.05) is 30.3 Å². The highest BCUT2D eigenvalue weighted by Crippen LogP contribution is 2.25. The van der Waals surface area contributed by atoms with Crippen molar-refractivity contribution in [2.75, 3.05) is 52.9 Å². The van der Waals surface area contributed by atoms with Crippen molar-refractivity contribution in [2.45, 2.75) is 44.6 Å². The van der Waals surface area contributed by atoms with Crippen LogP contribution in [-0.2, 0) is 11.2 Å². The van der Waals surface area contributed by atoms with Gasteiger partial charge in [0.2, 0.25) is 5.91 Å². The molecule has 2 aliphatic heterocycles. The first-order chi connectivity index (χ1) is 13.7. The summed E-state index contributed by atoms with van der Waals surface area (Å²) in [6, 6.07) is 11.4. The third kappa shape index (κ3) is 6.03. The number of carbonyl (C=O) groups is 1. The molecule has 1 N–H and O–H groups in total. The third-order valence-corrected chi connectivity index (χ3v) is 6.46. The number of benzene rings is 1. The van der Waals surface area contributed by atoms with Crippen LogP contribution in [-0.4, -0.2) is 84.7 Å². The highest BCUT2D eigenvalue weighted by Gasteiger charge is 2.32. The number of piperidine rings is 2. The molecular formula is C23H37N3O2. The first-order valence-corrected chi connectivity index (χ1v) is 11.0. The molecule has 0 spiro atoms. The SMILES string of the molecule is CN(CCCO)C(=O)C1CCCN(C2CCN(CCc3ccccc3)CC2)C1. The molecule has 3 rings (SSSR count). The normalized spacial score (nSPS) is 22.3. The molecule has 1 amide bonds. The molecule has 0 bridgehead atoms. The lowest BCUT2D eigenvalue weighted by Gasteiger charge is -2.42. The predicted molar refractivity (Wildman–Crippen MR) is 113 cm³/mol. The number of hydrogen-bond acceptors (Lipinski definition) is 4. The van der Waals surface area contributed by atoms with E-state index in [1.54, 1.807) is 0 Å². The summed E-state index contributed by atoms with van der Waals surface area (Å²) in [5.41, 5.74) is 1.42. The number of amides is 1. The van der Waals surface area contributed by atoms with Gasteiger partial charge in [-0.2, -0.15) is 0 Å². The Labute approximate surface area is 170 Å². The van der Waals surface area contributed by atoms with Gasteiger partial charge in [-0.25, -0.2) is 0 Å². The van der Waals surface area contributed by atoms with Crippen LogP contribution in [0.3, 0.4) is 0 Å². The number of hydrogen-bond donors (Lipinski definition) is 1. The fraction of sp³-hybridized carbons (Fsp3) is 0.696. The van der Waals surface area contributed by atoms with Gasteiger partial charge in [-0.3, -0.25) is 9.69 Å². The van der Waals surface area contributed by atoms with E-state index in [0.717, 1.165) is 38.9 Å². The second-order valence-corrected chi connectivity index (χ2v) is 8.48. The predicted octanol–water partition coefficient (Wildman–Crippen LogP) is 2.25. The van der Waals surface area contributed by atoms with Crippen LogP contribution >= 0.6 is 0 Å². The lowest BCUT2D eigenvalue weighted by Crippen LogP contribution is -2.51. The van der Waals surface area contributed by atoms with Gasteiger partial charge in [0.05, 0.1) is 5.92 Å². The first kappa shape index (κ1) is 21.3. The zero-order valence-corrected chi connectivity index (χ0v) is 17.4. The summed E-state index contributed by atoms with van der Waals surface area (Å²) in [7, 11) is 1.88. The molecule has 5 nitrogen and oxygen atoms in total. The van der Waals surface area contributed by atoms with Crippen LogP contribution in [0.25, 0.3) is 0 Å². The smallest absolute Gasteiger partial charge is 0.226 e. The third-order valence-electron chi connectivity index (χ3n) is 6.46. The van der Waals surface area contributed by atoms with Gasteiger partial charge in [-0.05, 0) is 63.7 Å². The van der Waals surface area contributed by atoms with Crippen LogP contribution in [0.4, 0.5) is 0 Å². The molecule has 0 aromatic heterocycles. The molecule has 156 valence electrons. The Morgan fingerprint density at radius 3 is 2.61 bits per heavy atom. The van der Waals surface area contributed by atoms with Gasteiger partial charge in [0.15, 0.2) is 0 Å². The van der Waals surface area contributed by atoms with Crippen molar-refractivity contribution in [3.05, 3.63) is 35.9 Å². The number of likely N-dealkylation sites (tertiary alicyclic amines) is 2. The topological polar surface area (TPSA) is 47.0 Å². The summed E-state index contributed by atoms with van der Waals surface area (Å²) in [4.78, 5) is 19.7. The molecule has 0 radical (unpaired) electrons. The van der Waals surface area contributed by atoms with E-state index in [9.17, 15) is 4.79 Å². The molecule has 1 aromatic rings. The fourth-order valence-electron chi connectivity index (χ4n) is 4.71. The maximum atomic E-state index is 12.7. The Hall–Kier alpha value is -1.43. The zero-order valence-electron chi connectivity index (χ0n) is 17.4. The van der Waals surface area contributed by atoms with Crippen molar-refractivity contribution >= 4 is 5.91 Å². The lowest BCUT2D eigenvalue weighted by molar-refractivity contribution is -0.136. The van der Waals surface area contributed by atoms with Gasteiger partial charge < -0.3 is 14.9 Å². The largest absolute Gasteiger partial charge is 0.396 e. The van der Waals surface area contributed by atoms with E-state index >= 15 is 0 Å². The Morgan fingerprint density at radius 2 is 1.89 bits per heavy atom. The molecule has 2 fully saturated rings. The monoisotopic (exact) mass is 387 g/mol. The van der Waals surface area contributed by atoms with E-state index in [1.807, 2.05) is 11.9 Å². The quantitative estimate of drug-likeness (QED) is 0.743. The van der Waals surface area contributed by atoms with Gasteiger partial charge >= 0.3 is 0 Å². The summed E-state index contributed by atoms with van der Waals surface area (Å²) in [5.74, 6) is 0.395. The standard InChI is InChI=1S/C23H37N3O2/c1-24(13-6-18-27)23(28)21-9-5-14-26(19-21)22-11-16-25(17-12-22)15-10-20-7-3-2-4-8-20/h2-4,7-8,21-22,27H,5-6,9-19H2,1H3. The molecule has 2 heterocycles. The van der Waals surface area contributed by atoms with E-state index in [4.69, 9.17) is 5.11 Å². The summed E-state index contributed by atoms with van der Waals surface area (Å²) in [6.45, 7) is 6.35. The summed E-state index contributed by atoms with van der Waals surface area (Å²) in [6.07, 6.45) is 6.37. The molecule has 1 unspecified atom stereocenters. The summed E-state index contributed by atoms with van der Waals surface area (Å²) in [5, 5.41) is 8.99. The molecule has 2 aliphatic rings. The summed E-state index contributed by atoms with van der Waals surface area (Å²) < 4.78 is 0. The van der Waals surface area contributed by atoms with Crippen molar-refractivity contribution in [1.29, 1.82) is 0 Å². The minimum atomic E-state index is 0.133. The van der Waals surface area contributed by atoms with Crippen molar-refractivity contribution in [3.63, 3.8) is 0 Å². The molecule has 0 aliphatic carbocycles. The molecular weight excluding hydrogens is 350 g/mol. The van der Waals surface area contributed by atoms with Gasteiger partial charge in [0.1, 0.15) is 0 Å². The number of aliphatic hydroxyl groups is 1. The lowest BCUT2D eigenvalue weighted by atomic mass is 9.92. The number of aliphatic hydroxyl groups excluding tert-OH is 1. The van der Waals surface area contributed by atoms with Crippen LogP contribution in [0.1, 0.15) is 37.7 Å². The average Bonchev–Trinajstić information content (AvgIpc) is 2.76. The average molecular weight is 388 g/mol. The van der Waals surface area contributed by atoms with E-state index in [1.165, 1.54) is 31.5 Å². The number of carbonyl (C=O) groups excluding carboxylic acids is 1. The van der Waals surface area contributed by atoms with Crippen LogP contribution in [0.2, 0.25) is 0 Å². The second-order valence-electron chi connectivity index (χ2n) is 8.48. The van der Waals surface area contributed by atoms with Gasteiger partial charge in [0.25, 0.3) is 0 Å². The molecule has 1 aromatic carbocycles. The Bertz CT molecular complexity index is 587. The van der Waals surface area contributed by atoms with Gasteiger partial charge in [0, 0.05) is 39.3 Å². The van der Waals surface area contributed by atoms with Crippen molar-refractivity contribution < 1.29 is 9.90 Å². The van der Waals surface area contributed by atoms with E-state index in [-0.39, 0.29) is 18.4 Å². The second kappa shape index (κ2) is 10.9. The van der Waals surface area contributed by atoms with Gasteiger partial charge in [-0.15, -0.1) is 0 Å². The van der Waals surface area contributed by atoms with E-state index in [0.29, 0.717) is 19.0 Å². The number of nitrogens with zero attached hydrogens (tertiary/aromatic N) is 3. The zero-order chi connectivity index (χ0) is 19.8. The molecule has 5 heteroatoms. The molecule has 28 heavy (non-hydrogen) atoms. The molecule has 1 atom stereocenters. The Morgan fingerprint density at radius 1 is 1.14 bits per heavy atom. The van der Waals surface area contributed by atoms with Crippen molar-refractivity contribution in [1.82, 2.24) is 14.7 Å². The number of rotatable bonds is 8. The summed E-state index contributed by atoms with van der Waals surface area (Å²) >= 11 is 0. The maximum absolute atomic E-state index is 12.7. The van der Waals surface area contributed by atoms with Crippen LogP contribution in [0.15, 0.2) is 30.3 Å². The maximum Gasteiger partial charge on any atom is 0.226 e. The van der Waals surface area contributed by atoms with Crippen molar-refractivity contribution in [3.8, 4) is 0 Å². The van der Waals surface area contributed by atoms with E-state index < -0.39 is 0 Å². The Balaban J connectivity index is 1.41. The minimum absolute atomic E-state index is 0.133. The van der Waals surface area contributed by atoms with Crippen molar-refractivity contribution in [2.24, 2.45) is 5.92 Å². The van der Waals surface area contributed by atoms with Crippen LogP contribution < -0.4 is 0 Å². The minimum Gasteiger partial charge on any atom is -0.396 e. The first-order valence-electron chi connectivity index (χ1n) is 11.0. The van der Waals surface area contributed by atoms with Crippen LogP contribution in [0.5, 0.6) is 0 Å². The molecule has 2 saturated heterocycles. The fourth-order valence-corrected chi connectivity index (χ4v) is 4.71. The molecule has 0 saturated carbocycles. The van der Waals surface area contributed by atoms with E-state index in [2.05, 4.69) is 40.1 Å². The Kier molecular flexibility index (Phi) is 8.31. The highest BCUT2D eigenvalue weighted by molar-refractivity contribution is 5.78. The highest BCUT2D eigenvalue weighted by atomic mass is 16.3.